The van der Waals surface area contributed by atoms with Gasteiger partial charge in [0.2, 0.25) is 0 Å². The lowest BCUT2D eigenvalue weighted by atomic mass is 10.0. The molecule has 7 heteroatoms. The summed E-state index contributed by atoms with van der Waals surface area (Å²) in [6.07, 6.45) is 3.67. The first-order chi connectivity index (χ1) is 13.2. The Hall–Kier alpha value is -2.61. The first kappa shape index (κ1) is 17.8. The lowest BCUT2D eigenvalue weighted by Gasteiger charge is -2.36. The van der Waals surface area contributed by atoms with Crippen LogP contribution < -0.4 is 5.32 Å². The molecule has 1 fully saturated rings. The van der Waals surface area contributed by atoms with Crippen LogP contribution in [0.4, 0.5) is 5.69 Å². The highest BCUT2D eigenvalue weighted by atomic mass is 32.1. The van der Waals surface area contributed by atoms with Crippen molar-refractivity contribution >= 4 is 17.0 Å². The van der Waals surface area contributed by atoms with Crippen LogP contribution in [0, 0.1) is 10.1 Å². The molecule has 1 N–H and O–H groups in total. The third kappa shape index (κ3) is 3.90. The molecule has 1 aliphatic rings. The fourth-order valence-electron chi connectivity index (χ4n) is 3.50. The summed E-state index contributed by atoms with van der Waals surface area (Å²) in [4.78, 5) is 19.7. The van der Waals surface area contributed by atoms with Gasteiger partial charge in [-0.3, -0.25) is 20.0 Å². The van der Waals surface area contributed by atoms with E-state index < -0.39 is 0 Å². The quantitative estimate of drug-likeness (QED) is 0.537. The van der Waals surface area contributed by atoms with E-state index in [0.29, 0.717) is 11.6 Å². The Balaban J connectivity index is 1.56. The lowest BCUT2D eigenvalue weighted by Crippen LogP contribution is -2.45. The summed E-state index contributed by atoms with van der Waals surface area (Å²) in [7, 11) is 0. The van der Waals surface area contributed by atoms with Gasteiger partial charge in [-0.05, 0) is 35.9 Å². The van der Waals surface area contributed by atoms with Crippen LogP contribution in [0.3, 0.4) is 0 Å². The summed E-state index contributed by atoms with van der Waals surface area (Å²) >= 11 is 1.63. The van der Waals surface area contributed by atoms with Crippen molar-refractivity contribution in [2.24, 2.45) is 0 Å². The van der Waals surface area contributed by atoms with Gasteiger partial charge in [-0.2, -0.15) is 0 Å². The highest BCUT2D eigenvalue weighted by Gasteiger charge is 2.24. The Morgan fingerprint density at radius 1 is 1.19 bits per heavy atom. The molecule has 0 saturated carbocycles. The van der Waals surface area contributed by atoms with Gasteiger partial charge >= 0.3 is 0 Å². The van der Waals surface area contributed by atoms with Gasteiger partial charge in [0.25, 0.3) is 5.69 Å². The predicted molar refractivity (Wildman–Crippen MR) is 107 cm³/mol. The summed E-state index contributed by atoms with van der Waals surface area (Å²) in [5.41, 5.74) is 2.10. The molecular weight excluding hydrogens is 360 g/mol. The average molecular weight is 380 g/mol. The number of hydrogen-bond acceptors (Lipinski definition) is 6. The summed E-state index contributed by atoms with van der Waals surface area (Å²) < 4.78 is 0. The molecule has 0 amide bonds. The maximum absolute atomic E-state index is 11.3. The number of nitrogens with zero attached hydrogens (tertiary/aromatic N) is 3. The van der Waals surface area contributed by atoms with E-state index in [1.54, 1.807) is 23.5 Å². The zero-order valence-corrected chi connectivity index (χ0v) is 15.6. The zero-order chi connectivity index (χ0) is 18.6. The number of hydrogen-bond donors (Lipinski definition) is 1. The van der Waals surface area contributed by atoms with Crippen LogP contribution in [-0.4, -0.2) is 34.4 Å². The molecule has 27 heavy (non-hydrogen) atoms. The van der Waals surface area contributed by atoms with Crippen molar-refractivity contribution in [3.63, 3.8) is 0 Å². The summed E-state index contributed by atoms with van der Waals surface area (Å²) in [5, 5.41) is 14.8. The van der Waals surface area contributed by atoms with Crippen LogP contribution in [0.5, 0.6) is 0 Å². The van der Waals surface area contributed by atoms with Gasteiger partial charge in [0, 0.05) is 60.4 Å². The number of aromatic nitrogens is 1. The Labute approximate surface area is 161 Å². The molecule has 1 aliphatic heterocycles. The number of benzene rings is 1. The Bertz CT molecular complexity index is 928. The third-order valence-corrected chi connectivity index (χ3v) is 5.94. The molecule has 4 rings (SSSR count). The molecule has 0 radical (unpaired) electrons. The molecule has 0 aliphatic carbocycles. The number of rotatable bonds is 5. The minimum Gasteiger partial charge on any atom is -0.314 e. The highest BCUT2D eigenvalue weighted by molar-refractivity contribution is 7.15. The van der Waals surface area contributed by atoms with Crippen LogP contribution in [-0.2, 0) is 6.54 Å². The SMILES string of the molecule is O=[N+]([O-])c1ccccc1-c1ccc(CN2CCNCC2c2ccncc2)s1. The Morgan fingerprint density at radius 2 is 2.00 bits per heavy atom. The van der Waals surface area contributed by atoms with Crippen LogP contribution in [0.25, 0.3) is 10.4 Å². The van der Waals surface area contributed by atoms with Gasteiger partial charge in [0.1, 0.15) is 0 Å². The van der Waals surface area contributed by atoms with Crippen molar-refractivity contribution in [3.8, 4) is 10.4 Å². The third-order valence-electron chi connectivity index (χ3n) is 4.83. The molecule has 1 unspecified atom stereocenters. The first-order valence-electron chi connectivity index (χ1n) is 8.89. The number of pyridine rings is 1. The lowest BCUT2D eigenvalue weighted by molar-refractivity contribution is -0.384. The van der Waals surface area contributed by atoms with Gasteiger partial charge < -0.3 is 5.32 Å². The van der Waals surface area contributed by atoms with Crippen molar-refractivity contribution in [3.05, 3.63) is 81.5 Å². The summed E-state index contributed by atoms with van der Waals surface area (Å²) in [5.74, 6) is 0. The molecule has 3 aromatic rings. The topological polar surface area (TPSA) is 71.3 Å². The number of nitro groups is 1. The van der Waals surface area contributed by atoms with Gasteiger partial charge in [-0.25, -0.2) is 0 Å². The maximum atomic E-state index is 11.3. The predicted octanol–water partition coefficient (Wildman–Crippen LogP) is 3.86. The average Bonchev–Trinajstić information content (AvgIpc) is 3.17. The normalized spacial score (nSPS) is 17.7. The van der Waals surface area contributed by atoms with Crippen molar-refractivity contribution in [1.82, 2.24) is 15.2 Å². The molecule has 1 saturated heterocycles. The second-order valence-corrected chi connectivity index (χ2v) is 7.68. The largest absolute Gasteiger partial charge is 0.314 e. The number of nitro benzene ring substituents is 1. The first-order valence-corrected chi connectivity index (χ1v) is 9.71. The van der Waals surface area contributed by atoms with E-state index in [2.05, 4.69) is 33.4 Å². The van der Waals surface area contributed by atoms with Crippen molar-refractivity contribution < 1.29 is 4.92 Å². The van der Waals surface area contributed by atoms with Crippen LogP contribution in [0.15, 0.2) is 60.9 Å². The minimum atomic E-state index is -0.315. The van der Waals surface area contributed by atoms with Gasteiger partial charge in [0.05, 0.1) is 10.5 Å². The summed E-state index contributed by atoms with van der Waals surface area (Å²) in [6, 6.07) is 15.4. The van der Waals surface area contributed by atoms with Gasteiger partial charge in [0.15, 0.2) is 0 Å². The number of thiophene rings is 1. The molecular formula is C20H20N4O2S. The van der Waals surface area contributed by atoms with E-state index >= 15 is 0 Å². The standard InChI is InChI=1S/C20H20N4O2S/c25-24(26)18-4-2-1-3-17(18)20-6-5-16(27-20)14-23-12-11-22-13-19(23)15-7-9-21-10-8-15/h1-10,19,22H,11-14H2. The monoisotopic (exact) mass is 380 g/mol. The van der Waals surface area contributed by atoms with Crippen LogP contribution >= 0.6 is 11.3 Å². The number of para-hydroxylation sites is 1. The number of piperazine rings is 1. The van der Waals surface area contributed by atoms with E-state index in [4.69, 9.17) is 0 Å². The minimum absolute atomic E-state index is 0.155. The Kier molecular flexibility index (Phi) is 5.24. The summed E-state index contributed by atoms with van der Waals surface area (Å²) in [6.45, 7) is 3.67. The van der Waals surface area contributed by atoms with E-state index in [1.165, 1.54) is 10.4 Å². The molecule has 3 heterocycles. The van der Waals surface area contributed by atoms with Crippen molar-refractivity contribution in [1.29, 1.82) is 0 Å². The Morgan fingerprint density at radius 3 is 2.81 bits per heavy atom. The molecule has 1 aromatic carbocycles. The van der Waals surface area contributed by atoms with Crippen molar-refractivity contribution in [2.45, 2.75) is 12.6 Å². The smallest absolute Gasteiger partial charge is 0.278 e. The second kappa shape index (κ2) is 7.96. The van der Waals surface area contributed by atoms with E-state index in [9.17, 15) is 10.1 Å². The highest BCUT2D eigenvalue weighted by Crippen LogP contribution is 2.35. The zero-order valence-electron chi connectivity index (χ0n) is 14.7. The molecule has 6 nitrogen and oxygen atoms in total. The number of nitrogens with one attached hydrogen (secondary N) is 1. The fraction of sp³-hybridized carbons (Fsp3) is 0.250. The van der Waals surface area contributed by atoms with Crippen molar-refractivity contribution in [2.75, 3.05) is 19.6 Å². The van der Waals surface area contributed by atoms with Gasteiger partial charge in [-0.15, -0.1) is 11.3 Å². The van der Waals surface area contributed by atoms with E-state index in [0.717, 1.165) is 31.1 Å². The van der Waals surface area contributed by atoms with E-state index in [-0.39, 0.29) is 10.6 Å². The molecule has 0 bridgehead atoms. The fourth-order valence-corrected chi connectivity index (χ4v) is 4.57. The molecule has 138 valence electrons. The molecule has 1 atom stereocenters. The van der Waals surface area contributed by atoms with Crippen LogP contribution in [0.1, 0.15) is 16.5 Å². The molecule has 2 aromatic heterocycles. The maximum Gasteiger partial charge on any atom is 0.278 e. The van der Waals surface area contributed by atoms with Gasteiger partial charge in [-0.1, -0.05) is 12.1 Å². The van der Waals surface area contributed by atoms with E-state index in [1.807, 2.05) is 30.6 Å². The molecule has 0 spiro atoms. The second-order valence-electron chi connectivity index (χ2n) is 6.51. The van der Waals surface area contributed by atoms with Crippen LogP contribution in [0.2, 0.25) is 0 Å².